The third-order valence-corrected chi connectivity index (χ3v) is 3.56. The van der Waals surface area contributed by atoms with Gasteiger partial charge in [-0.25, -0.2) is 4.98 Å². The Labute approximate surface area is 110 Å². The topological polar surface area (TPSA) is 59.8 Å². The Kier molecular flexibility index (Phi) is 3.76. The summed E-state index contributed by atoms with van der Waals surface area (Å²) >= 11 is 1.55. The molecular weight excluding hydrogens is 248 g/mol. The van der Waals surface area contributed by atoms with Crippen LogP contribution >= 0.6 is 11.3 Å². The summed E-state index contributed by atoms with van der Waals surface area (Å²) < 4.78 is 1.77. The van der Waals surface area contributed by atoms with Crippen LogP contribution in [0.5, 0.6) is 0 Å². The molecule has 2 heterocycles. The summed E-state index contributed by atoms with van der Waals surface area (Å²) in [4.78, 5) is 17.1. The second-order valence-electron chi connectivity index (χ2n) is 4.32. The first-order valence-corrected chi connectivity index (χ1v) is 6.68. The molecule has 6 heteroatoms. The minimum absolute atomic E-state index is 0.151. The van der Waals surface area contributed by atoms with Crippen molar-refractivity contribution in [2.24, 2.45) is 0 Å². The highest BCUT2D eigenvalue weighted by molar-refractivity contribution is 7.09. The van der Waals surface area contributed by atoms with Gasteiger partial charge >= 0.3 is 0 Å². The van der Waals surface area contributed by atoms with Gasteiger partial charge in [0.2, 0.25) is 0 Å². The van der Waals surface area contributed by atoms with E-state index >= 15 is 0 Å². The standard InChI is InChI=1S/C12H16N4OS/c1-8(2)16-5-4-10(15-16)12(17)13-6-11-9(3)14-7-18-11/h4-5,7-8H,6H2,1-3H3,(H,13,17). The van der Waals surface area contributed by atoms with Crippen LogP contribution < -0.4 is 5.32 Å². The Hall–Kier alpha value is -1.69. The molecule has 0 aliphatic carbocycles. The number of aromatic nitrogens is 3. The molecule has 18 heavy (non-hydrogen) atoms. The van der Waals surface area contributed by atoms with E-state index in [2.05, 4.69) is 15.4 Å². The van der Waals surface area contributed by atoms with Crippen LogP contribution in [0.2, 0.25) is 0 Å². The van der Waals surface area contributed by atoms with Crippen molar-refractivity contribution >= 4 is 17.2 Å². The highest BCUT2D eigenvalue weighted by Gasteiger charge is 2.11. The van der Waals surface area contributed by atoms with Gasteiger partial charge in [0.25, 0.3) is 5.91 Å². The average molecular weight is 264 g/mol. The number of nitrogens with zero attached hydrogens (tertiary/aromatic N) is 3. The molecule has 0 saturated heterocycles. The van der Waals surface area contributed by atoms with Crippen LogP contribution in [0, 0.1) is 6.92 Å². The van der Waals surface area contributed by atoms with Gasteiger partial charge < -0.3 is 5.32 Å². The smallest absolute Gasteiger partial charge is 0.272 e. The van der Waals surface area contributed by atoms with E-state index in [4.69, 9.17) is 0 Å². The van der Waals surface area contributed by atoms with Gasteiger partial charge in [-0.2, -0.15) is 5.10 Å². The molecule has 0 fully saturated rings. The number of carbonyl (C=O) groups excluding carboxylic acids is 1. The van der Waals surface area contributed by atoms with E-state index in [1.807, 2.05) is 27.0 Å². The molecule has 2 aromatic rings. The molecule has 0 radical (unpaired) electrons. The maximum absolute atomic E-state index is 11.9. The number of hydrogen-bond donors (Lipinski definition) is 1. The van der Waals surface area contributed by atoms with E-state index in [0.29, 0.717) is 12.2 Å². The van der Waals surface area contributed by atoms with Crippen molar-refractivity contribution in [1.82, 2.24) is 20.1 Å². The highest BCUT2D eigenvalue weighted by Crippen LogP contribution is 2.11. The molecule has 2 aromatic heterocycles. The maximum atomic E-state index is 11.9. The van der Waals surface area contributed by atoms with Gasteiger partial charge in [-0.15, -0.1) is 11.3 Å². The molecule has 0 aromatic carbocycles. The van der Waals surface area contributed by atoms with Crippen molar-refractivity contribution in [3.8, 4) is 0 Å². The van der Waals surface area contributed by atoms with E-state index in [9.17, 15) is 4.79 Å². The van der Waals surface area contributed by atoms with Crippen molar-refractivity contribution < 1.29 is 4.79 Å². The fourth-order valence-electron chi connectivity index (χ4n) is 1.49. The van der Waals surface area contributed by atoms with Gasteiger partial charge in [-0.1, -0.05) is 0 Å². The molecule has 0 unspecified atom stereocenters. The predicted molar refractivity (Wildman–Crippen MR) is 70.6 cm³/mol. The molecule has 0 aliphatic rings. The van der Waals surface area contributed by atoms with E-state index in [1.54, 1.807) is 27.6 Å². The third kappa shape index (κ3) is 2.76. The molecule has 0 spiro atoms. The molecule has 96 valence electrons. The van der Waals surface area contributed by atoms with Crippen LogP contribution in [0.1, 0.15) is 40.9 Å². The summed E-state index contributed by atoms with van der Waals surface area (Å²) in [5.41, 5.74) is 3.20. The molecule has 1 N–H and O–H groups in total. The number of nitrogens with one attached hydrogen (secondary N) is 1. The quantitative estimate of drug-likeness (QED) is 0.920. The first kappa shape index (κ1) is 12.8. The summed E-state index contributed by atoms with van der Waals surface area (Å²) in [7, 11) is 0. The summed E-state index contributed by atoms with van der Waals surface area (Å²) in [5, 5.41) is 7.07. The molecule has 2 rings (SSSR count). The average Bonchev–Trinajstić information content (AvgIpc) is 2.94. The molecule has 0 saturated carbocycles. The summed E-state index contributed by atoms with van der Waals surface area (Å²) in [6.45, 7) is 6.49. The van der Waals surface area contributed by atoms with Crippen LogP contribution in [-0.4, -0.2) is 20.7 Å². The molecule has 0 aliphatic heterocycles. The monoisotopic (exact) mass is 264 g/mol. The Balaban J connectivity index is 1.97. The van der Waals surface area contributed by atoms with Crippen LogP contribution in [0.15, 0.2) is 17.8 Å². The van der Waals surface area contributed by atoms with Gasteiger partial charge in [0.15, 0.2) is 0 Å². The molecule has 0 atom stereocenters. The number of rotatable bonds is 4. The maximum Gasteiger partial charge on any atom is 0.272 e. The number of thiazole rings is 1. The number of aryl methyl sites for hydroxylation is 1. The number of carbonyl (C=O) groups is 1. The fraction of sp³-hybridized carbons (Fsp3) is 0.417. The van der Waals surface area contributed by atoms with Crippen molar-refractivity contribution in [1.29, 1.82) is 0 Å². The lowest BCUT2D eigenvalue weighted by Gasteiger charge is -2.04. The Morgan fingerprint density at radius 2 is 2.33 bits per heavy atom. The van der Waals surface area contributed by atoms with Gasteiger partial charge in [0, 0.05) is 17.1 Å². The predicted octanol–water partition coefficient (Wildman–Crippen LogP) is 2.16. The number of hydrogen-bond acceptors (Lipinski definition) is 4. The van der Waals surface area contributed by atoms with E-state index in [-0.39, 0.29) is 11.9 Å². The number of amides is 1. The van der Waals surface area contributed by atoms with E-state index in [0.717, 1.165) is 10.6 Å². The largest absolute Gasteiger partial charge is 0.346 e. The fourth-order valence-corrected chi connectivity index (χ4v) is 2.21. The summed E-state index contributed by atoms with van der Waals surface area (Å²) in [6, 6.07) is 1.99. The molecule has 1 amide bonds. The molecular formula is C12H16N4OS. The van der Waals surface area contributed by atoms with Crippen LogP contribution in [0.25, 0.3) is 0 Å². The third-order valence-electron chi connectivity index (χ3n) is 2.62. The van der Waals surface area contributed by atoms with E-state index in [1.165, 1.54) is 0 Å². The zero-order valence-electron chi connectivity index (χ0n) is 10.7. The Bertz CT molecular complexity index is 544. The Morgan fingerprint density at radius 3 is 2.89 bits per heavy atom. The second-order valence-corrected chi connectivity index (χ2v) is 5.26. The zero-order chi connectivity index (χ0) is 13.1. The van der Waals surface area contributed by atoms with Gasteiger partial charge in [0.1, 0.15) is 5.69 Å². The minimum Gasteiger partial charge on any atom is -0.346 e. The van der Waals surface area contributed by atoms with Gasteiger partial charge in [0.05, 0.1) is 17.7 Å². The van der Waals surface area contributed by atoms with Crippen LogP contribution in [-0.2, 0) is 6.54 Å². The van der Waals surface area contributed by atoms with Crippen LogP contribution in [0.3, 0.4) is 0 Å². The molecule has 0 bridgehead atoms. The first-order valence-electron chi connectivity index (χ1n) is 5.80. The highest BCUT2D eigenvalue weighted by atomic mass is 32.1. The minimum atomic E-state index is -0.151. The lowest BCUT2D eigenvalue weighted by Crippen LogP contribution is -2.23. The van der Waals surface area contributed by atoms with Gasteiger partial charge in [-0.05, 0) is 26.8 Å². The van der Waals surface area contributed by atoms with Crippen LogP contribution in [0.4, 0.5) is 0 Å². The zero-order valence-corrected chi connectivity index (χ0v) is 11.5. The van der Waals surface area contributed by atoms with Crippen molar-refractivity contribution in [2.75, 3.05) is 0 Å². The lowest BCUT2D eigenvalue weighted by atomic mass is 10.3. The SMILES string of the molecule is Cc1ncsc1CNC(=O)c1ccn(C(C)C)n1. The second kappa shape index (κ2) is 5.30. The van der Waals surface area contributed by atoms with Crippen molar-refractivity contribution in [3.63, 3.8) is 0 Å². The Morgan fingerprint density at radius 1 is 1.56 bits per heavy atom. The van der Waals surface area contributed by atoms with Crippen molar-refractivity contribution in [3.05, 3.63) is 34.0 Å². The van der Waals surface area contributed by atoms with Gasteiger partial charge in [-0.3, -0.25) is 9.48 Å². The normalized spacial score (nSPS) is 10.9. The van der Waals surface area contributed by atoms with E-state index < -0.39 is 0 Å². The van der Waals surface area contributed by atoms with Crippen molar-refractivity contribution in [2.45, 2.75) is 33.4 Å². The summed E-state index contributed by atoms with van der Waals surface area (Å²) in [5.74, 6) is -0.151. The summed E-state index contributed by atoms with van der Waals surface area (Å²) in [6.07, 6.45) is 1.82. The first-order chi connectivity index (χ1) is 8.58. The lowest BCUT2D eigenvalue weighted by molar-refractivity contribution is 0.0945. The molecule has 5 nitrogen and oxygen atoms in total.